The number of hydrogen-bond donors (Lipinski definition) is 1. The molecule has 194 valence electrons. The minimum Gasteiger partial charge on any atom is -0.493 e. The number of hydrogen-bond acceptors (Lipinski definition) is 7. The van der Waals surface area contributed by atoms with Crippen molar-refractivity contribution in [2.75, 3.05) is 13.2 Å². The molecule has 3 heterocycles. The van der Waals surface area contributed by atoms with Gasteiger partial charge in [-0.25, -0.2) is 4.98 Å². The highest BCUT2D eigenvalue weighted by Crippen LogP contribution is 2.32. The molecular weight excluding hydrogens is 516 g/mol. The molecule has 0 bridgehead atoms. The fraction of sp³-hybridized carbons (Fsp3) is 0.200. The summed E-state index contributed by atoms with van der Waals surface area (Å²) in [5, 5.41) is 11.6. The average molecular weight is 545 g/mol. The van der Waals surface area contributed by atoms with Gasteiger partial charge in [0.15, 0.2) is 0 Å². The van der Waals surface area contributed by atoms with E-state index in [-0.39, 0.29) is 6.54 Å². The number of carbonyl (C=O) groups is 1. The predicted octanol–water partition coefficient (Wildman–Crippen LogP) is 7.15. The van der Waals surface area contributed by atoms with Crippen molar-refractivity contribution in [2.24, 2.45) is 0 Å². The molecule has 2 aromatic carbocycles. The Labute approximate surface area is 229 Å². The second kappa shape index (κ2) is 12.2. The number of ether oxygens (including phenoxy) is 1. The lowest BCUT2D eigenvalue weighted by Gasteiger charge is -2.20. The number of carboxylic acids is 1. The molecule has 0 saturated carbocycles. The molecule has 0 amide bonds. The highest BCUT2D eigenvalue weighted by molar-refractivity contribution is 7.21. The fourth-order valence-corrected chi connectivity index (χ4v) is 6.10. The van der Waals surface area contributed by atoms with Crippen molar-refractivity contribution in [1.29, 1.82) is 0 Å². The van der Waals surface area contributed by atoms with Crippen LogP contribution in [0.25, 0.3) is 21.2 Å². The van der Waals surface area contributed by atoms with Gasteiger partial charge in [-0.2, -0.15) is 0 Å². The van der Waals surface area contributed by atoms with Gasteiger partial charge in [0, 0.05) is 39.7 Å². The Hall–Kier alpha value is -3.72. The summed E-state index contributed by atoms with van der Waals surface area (Å²) in [5.74, 6) is 1.32. The third-order valence-electron chi connectivity index (χ3n) is 5.99. The number of aliphatic carboxylic acids is 1. The normalized spacial score (nSPS) is 11.2. The summed E-state index contributed by atoms with van der Waals surface area (Å²) >= 11 is 3.42. The first-order chi connectivity index (χ1) is 18.5. The number of aromatic nitrogens is 1. The molecule has 0 aliphatic carbocycles. The summed E-state index contributed by atoms with van der Waals surface area (Å²) in [6.45, 7) is 3.43. The van der Waals surface area contributed by atoms with E-state index in [9.17, 15) is 9.90 Å². The SMILES string of the molecule is Cc1oc(-c2ccccc2)nc1CCOc1cccc(CN(CC(=O)O)Cc2ccc(-c3cccs3)s2)c1. The maximum atomic E-state index is 11.6. The second-order valence-corrected chi connectivity index (χ2v) is 11.0. The summed E-state index contributed by atoms with van der Waals surface area (Å²) in [4.78, 5) is 21.7. The van der Waals surface area contributed by atoms with Crippen LogP contribution in [0.1, 0.15) is 21.9 Å². The van der Waals surface area contributed by atoms with E-state index in [2.05, 4.69) is 28.6 Å². The van der Waals surface area contributed by atoms with Gasteiger partial charge in [-0.05, 0) is 60.3 Å². The van der Waals surface area contributed by atoms with Gasteiger partial charge in [-0.1, -0.05) is 36.4 Å². The summed E-state index contributed by atoms with van der Waals surface area (Å²) in [6, 6.07) is 26.0. The largest absolute Gasteiger partial charge is 0.493 e. The van der Waals surface area contributed by atoms with Crippen LogP contribution in [0.15, 0.2) is 88.7 Å². The van der Waals surface area contributed by atoms with Crippen LogP contribution in [0.4, 0.5) is 0 Å². The van der Waals surface area contributed by atoms with Crippen LogP contribution in [0.2, 0.25) is 0 Å². The molecule has 5 rings (SSSR count). The Morgan fingerprint density at radius 3 is 2.66 bits per heavy atom. The number of benzene rings is 2. The Balaban J connectivity index is 1.19. The Morgan fingerprint density at radius 1 is 1.00 bits per heavy atom. The number of thiophene rings is 2. The zero-order valence-electron chi connectivity index (χ0n) is 21.0. The monoisotopic (exact) mass is 544 g/mol. The van der Waals surface area contributed by atoms with Gasteiger partial charge < -0.3 is 14.3 Å². The van der Waals surface area contributed by atoms with E-state index in [1.165, 1.54) is 9.75 Å². The van der Waals surface area contributed by atoms with Crippen molar-refractivity contribution in [3.05, 3.63) is 106 Å². The summed E-state index contributed by atoms with van der Waals surface area (Å²) in [6.07, 6.45) is 0.627. The van der Waals surface area contributed by atoms with E-state index in [1.54, 1.807) is 22.7 Å². The van der Waals surface area contributed by atoms with Gasteiger partial charge in [0.2, 0.25) is 5.89 Å². The van der Waals surface area contributed by atoms with E-state index in [1.807, 2.05) is 72.5 Å². The molecule has 0 radical (unpaired) electrons. The maximum Gasteiger partial charge on any atom is 0.317 e. The van der Waals surface area contributed by atoms with Crippen LogP contribution in [-0.4, -0.2) is 34.1 Å². The summed E-state index contributed by atoms with van der Waals surface area (Å²) in [7, 11) is 0. The number of aryl methyl sites for hydroxylation is 1. The van der Waals surface area contributed by atoms with Crippen molar-refractivity contribution in [1.82, 2.24) is 9.88 Å². The van der Waals surface area contributed by atoms with Crippen molar-refractivity contribution in [2.45, 2.75) is 26.4 Å². The van der Waals surface area contributed by atoms with Crippen molar-refractivity contribution < 1.29 is 19.1 Å². The first-order valence-electron chi connectivity index (χ1n) is 12.3. The summed E-state index contributed by atoms with van der Waals surface area (Å²) < 4.78 is 11.9. The number of carboxylic acid groups (broad SMARTS) is 1. The van der Waals surface area contributed by atoms with Crippen LogP contribution in [-0.2, 0) is 24.3 Å². The van der Waals surface area contributed by atoms with Crippen molar-refractivity contribution in [3.63, 3.8) is 0 Å². The zero-order valence-corrected chi connectivity index (χ0v) is 22.6. The van der Waals surface area contributed by atoms with E-state index < -0.39 is 5.97 Å². The molecule has 0 saturated heterocycles. The highest BCUT2D eigenvalue weighted by Gasteiger charge is 2.15. The predicted molar refractivity (Wildman–Crippen MR) is 152 cm³/mol. The molecule has 0 aliphatic rings. The first kappa shape index (κ1) is 25.9. The lowest BCUT2D eigenvalue weighted by atomic mass is 10.2. The molecule has 0 aliphatic heterocycles. The van der Waals surface area contributed by atoms with Gasteiger partial charge in [0.05, 0.1) is 18.8 Å². The minimum absolute atomic E-state index is 0.0352. The van der Waals surface area contributed by atoms with Crippen molar-refractivity contribution in [3.8, 4) is 27.0 Å². The first-order valence-corrected chi connectivity index (χ1v) is 14.0. The van der Waals surface area contributed by atoms with Gasteiger partial charge in [-0.15, -0.1) is 22.7 Å². The number of rotatable bonds is 12. The topological polar surface area (TPSA) is 75.8 Å². The quantitative estimate of drug-likeness (QED) is 0.180. The van der Waals surface area contributed by atoms with E-state index >= 15 is 0 Å². The standard InChI is InChI=1S/C30H28N2O4S2/c1-21-26(31-30(36-21)23-8-3-2-4-9-23)14-15-35-24-10-5-7-22(17-24)18-32(20-29(33)34)19-25-12-13-28(38-25)27-11-6-16-37-27/h2-13,16-17H,14-15,18-20H2,1H3,(H,33,34). The van der Waals surface area contributed by atoms with Gasteiger partial charge in [0.25, 0.3) is 0 Å². The van der Waals surface area contributed by atoms with Crippen LogP contribution < -0.4 is 4.74 Å². The highest BCUT2D eigenvalue weighted by atomic mass is 32.1. The molecule has 8 heteroatoms. The summed E-state index contributed by atoms with van der Waals surface area (Å²) in [5.41, 5.74) is 2.83. The second-order valence-electron chi connectivity index (χ2n) is 8.92. The molecule has 0 unspecified atom stereocenters. The van der Waals surface area contributed by atoms with Crippen LogP contribution >= 0.6 is 22.7 Å². The molecule has 1 N–H and O–H groups in total. The third-order valence-corrected chi connectivity index (χ3v) is 8.13. The smallest absolute Gasteiger partial charge is 0.317 e. The molecular formula is C30H28N2O4S2. The third kappa shape index (κ3) is 6.77. The minimum atomic E-state index is -0.842. The van der Waals surface area contributed by atoms with Gasteiger partial charge >= 0.3 is 5.97 Å². The molecule has 0 spiro atoms. The van der Waals surface area contributed by atoms with Gasteiger partial charge in [-0.3, -0.25) is 9.69 Å². The number of nitrogens with zero attached hydrogens (tertiary/aromatic N) is 2. The van der Waals surface area contributed by atoms with E-state index in [0.29, 0.717) is 32.0 Å². The lowest BCUT2D eigenvalue weighted by Crippen LogP contribution is -2.28. The zero-order chi connectivity index (χ0) is 26.3. The number of oxazole rings is 1. The molecule has 0 atom stereocenters. The lowest BCUT2D eigenvalue weighted by molar-refractivity contribution is -0.138. The fourth-order valence-electron chi connectivity index (χ4n) is 4.22. The Bertz CT molecular complexity index is 1480. The average Bonchev–Trinajstić information content (AvgIpc) is 3.66. The molecule has 3 aromatic heterocycles. The van der Waals surface area contributed by atoms with Crippen LogP contribution in [0, 0.1) is 6.92 Å². The maximum absolute atomic E-state index is 11.6. The van der Waals surface area contributed by atoms with E-state index in [0.717, 1.165) is 33.2 Å². The molecule has 38 heavy (non-hydrogen) atoms. The van der Waals surface area contributed by atoms with Gasteiger partial charge in [0.1, 0.15) is 11.5 Å². The van der Waals surface area contributed by atoms with Crippen LogP contribution in [0.3, 0.4) is 0 Å². The Kier molecular flexibility index (Phi) is 8.33. The Morgan fingerprint density at radius 2 is 1.87 bits per heavy atom. The molecule has 5 aromatic rings. The molecule has 6 nitrogen and oxygen atoms in total. The van der Waals surface area contributed by atoms with E-state index in [4.69, 9.17) is 9.15 Å². The molecule has 0 fully saturated rings. The van der Waals surface area contributed by atoms with Crippen molar-refractivity contribution >= 4 is 28.6 Å². The van der Waals surface area contributed by atoms with Crippen LogP contribution in [0.5, 0.6) is 5.75 Å².